The molecule has 1 aromatic heterocycles. The van der Waals surface area contributed by atoms with Crippen molar-refractivity contribution in [2.75, 3.05) is 11.9 Å². The zero-order valence-electron chi connectivity index (χ0n) is 8.03. The third kappa shape index (κ3) is 3.37. The number of rotatable bonds is 3. The molecule has 0 spiro atoms. The first kappa shape index (κ1) is 12.3. The van der Waals surface area contributed by atoms with Crippen LogP contribution < -0.4 is 5.32 Å². The predicted octanol–water partition coefficient (Wildman–Crippen LogP) is 3.68. The van der Waals surface area contributed by atoms with Gasteiger partial charge in [-0.1, -0.05) is 6.92 Å². The second-order valence-corrected chi connectivity index (χ2v) is 3.89. The molecular formula is C9H10BrF3N2. The Kier molecular flexibility index (Phi) is 3.96. The number of hydrogen-bond donors (Lipinski definition) is 1. The molecule has 6 heteroatoms. The van der Waals surface area contributed by atoms with Crippen molar-refractivity contribution in [3.63, 3.8) is 0 Å². The van der Waals surface area contributed by atoms with Crippen LogP contribution in [0.3, 0.4) is 0 Å². The standard InChI is InChI=1S/C9H10BrF3N2/c1-2-3-14-8-7(9(11,12)13)4-6(10)5-15-8/h4-5H,2-3H2,1H3,(H,14,15). The van der Waals surface area contributed by atoms with Gasteiger partial charge in [-0.25, -0.2) is 4.98 Å². The topological polar surface area (TPSA) is 24.9 Å². The number of halogens is 4. The SMILES string of the molecule is CCCNc1ncc(Br)cc1C(F)(F)F. The van der Waals surface area contributed by atoms with Crippen LogP contribution in [0.25, 0.3) is 0 Å². The van der Waals surface area contributed by atoms with Gasteiger partial charge in [-0.3, -0.25) is 0 Å². The van der Waals surface area contributed by atoms with Crippen molar-refractivity contribution < 1.29 is 13.2 Å². The summed E-state index contributed by atoms with van der Waals surface area (Å²) in [5.74, 6) is -0.118. The third-order valence-corrected chi connectivity index (χ3v) is 2.14. The summed E-state index contributed by atoms with van der Waals surface area (Å²) >= 11 is 2.97. The lowest BCUT2D eigenvalue weighted by molar-refractivity contribution is -0.137. The lowest BCUT2D eigenvalue weighted by Crippen LogP contribution is -2.12. The minimum Gasteiger partial charge on any atom is -0.370 e. The molecule has 0 radical (unpaired) electrons. The molecule has 0 unspecified atom stereocenters. The summed E-state index contributed by atoms with van der Waals surface area (Å²) in [7, 11) is 0. The first-order valence-corrected chi connectivity index (χ1v) is 5.21. The Bertz CT molecular complexity index is 339. The number of anilines is 1. The minimum absolute atomic E-state index is 0.118. The van der Waals surface area contributed by atoms with Crippen LogP contribution in [0.5, 0.6) is 0 Å². The summed E-state index contributed by atoms with van der Waals surface area (Å²) < 4.78 is 38.0. The summed E-state index contributed by atoms with van der Waals surface area (Å²) in [6, 6.07) is 1.02. The minimum atomic E-state index is -4.38. The second kappa shape index (κ2) is 4.83. The highest BCUT2D eigenvalue weighted by molar-refractivity contribution is 9.10. The zero-order chi connectivity index (χ0) is 11.5. The van der Waals surface area contributed by atoms with Crippen LogP contribution in [0.15, 0.2) is 16.7 Å². The van der Waals surface area contributed by atoms with Crippen molar-refractivity contribution in [1.82, 2.24) is 4.98 Å². The van der Waals surface area contributed by atoms with Crippen LogP contribution in [0.2, 0.25) is 0 Å². The quantitative estimate of drug-likeness (QED) is 0.915. The average molecular weight is 283 g/mol. The highest BCUT2D eigenvalue weighted by atomic mass is 79.9. The van der Waals surface area contributed by atoms with Crippen molar-refractivity contribution in [1.29, 1.82) is 0 Å². The molecule has 1 N–H and O–H groups in total. The Morgan fingerprint density at radius 3 is 2.67 bits per heavy atom. The summed E-state index contributed by atoms with van der Waals surface area (Å²) in [5, 5.41) is 2.64. The average Bonchev–Trinajstić information content (AvgIpc) is 2.14. The van der Waals surface area contributed by atoms with E-state index in [0.717, 1.165) is 12.5 Å². The fourth-order valence-electron chi connectivity index (χ4n) is 1.04. The van der Waals surface area contributed by atoms with Crippen LogP contribution in [0.1, 0.15) is 18.9 Å². The normalized spacial score (nSPS) is 11.5. The van der Waals surface area contributed by atoms with E-state index >= 15 is 0 Å². The molecule has 0 aliphatic rings. The van der Waals surface area contributed by atoms with Gasteiger partial charge in [0.2, 0.25) is 0 Å². The van der Waals surface area contributed by atoms with Crippen molar-refractivity contribution >= 4 is 21.7 Å². The molecule has 0 bridgehead atoms. The van der Waals surface area contributed by atoms with Gasteiger partial charge < -0.3 is 5.32 Å². The highest BCUT2D eigenvalue weighted by Crippen LogP contribution is 2.35. The molecule has 0 saturated carbocycles. The van der Waals surface area contributed by atoms with Gasteiger partial charge in [0.25, 0.3) is 0 Å². The predicted molar refractivity (Wildman–Crippen MR) is 55.7 cm³/mol. The maximum atomic E-state index is 12.6. The van der Waals surface area contributed by atoms with E-state index in [0.29, 0.717) is 11.0 Å². The van der Waals surface area contributed by atoms with Gasteiger partial charge in [-0.2, -0.15) is 13.2 Å². The van der Waals surface area contributed by atoms with E-state index in [1.54, 1.807) is 0 Å². The van der Waals surface area contributed by atoms with Crippen LogP contribution >= 0.6 is 15.9 Å². The Morgan fingerprint density at radius 2 is 2.13 bits per heavy atom. The monoisotopic (exact) mass is 282 g/mol. The molecule has 2 nitrogen and oxygen atoms in total. The first-order valence-electron chi connectivity index (χ1n) is 4.41. The van der Waals surface area contributed by atoms with E-state index in [4.69, 9.17) is 0 Å². The summed E-state index contributed by atoms with van der Waals surface area (Å²) in [5.41, 5.74) is -0.745. The fourth-order valence-corrected chi connectivity index (χ4v) is 1.37. The number of pyridine rings is 1. The maximum absolute atomic E-state index is 12.6. The lowest BCUT2D eigenvalue weighted by atomic mass is 10.2. The highest BCUT2D eigenvalue weighted by Gasteiger charge is 2.34. The number of hydrogen-bond acceptors (Lipinski definition) is 2. The number of nitrogens with zero attached hydrogens (tertiary/aromatic N) is 1. The number of alkyl halides is 3. The van der Waals surface area contributed by atoms with Gasteiger partial charge in [0.05, 0.1) is 5.56 Å². The van der Waals surface area contributed by atoms with Gasteiger partial charge in [-0.05, 0) is 28.4 Å². The molecule has 1 heterocycles. The molecule has 0 saturated heterocycles. The van der Waals surface area contributed by atoms with Crippen LogP contribution in [0.4, 0.5) is 19.0 Å². The van der Waals surface area contributed by atoms with Crippen LogP contribution in [0, 0.1) is 0 Å². The molecule has 0 atom stereocenters. The van der Waals surface area contributed by atoms with Crippen molar-refractivity contribution in [3.8, 4) is 0 Å². The molecule has 1 aromatic rings. The number of nitrogens with one attached hydrogen (secondary N) is 1. The Balaban J connectivity index is 3.04. The molecule has 84 valence electrons. The van der Waals surface area contributed by atoms with E-state index in [2.05, 4.69) is 26.2 Å². The molecule has 0 aliphatic heterocycles. The Hall–Kier alpha value is -0.780. The second-order valence-electron chi connectivity index (χ2n) is 2.97. The van der Waals surface area contributed by atoms with E-state index in [9.17, 15) is 13.2 Å². The summed E-state index contributed by atoms with van der Waals surface area (Å²) in [6.07, 6.45) is -2.30. The number of aromatic nitrogens is 1. The summed E-state index contributed by atoms with van der Waals surface area (Å²) in [6.45, 7) is 2.34. The summed E-state index contributed by atoms with van der Waals surface area (Å²) in [4.78, 5) is 3.70. The van der Waals surface area contributed by atoms with Gasteiger partial charge in [0.15, 0.2) is 0 Å². The maximum Gasteiger partial charge on any atom is 0.419 e. The van der Waals surface area contributed by atoms with Crippen molar-refractivity contribution in [2.45, 2.75) is 19.5 Å². The molecule has 15 heavy (non-hydrogen) atoms. The van der Waals surface area contributed by atoms with Crippen LogP contribution in [-0.4, -0.2) is 11.5 Å². The van der Waals surface area contributed by atoms with E-state index < -0.39 is 11.7 Å². The van der Waals surface area contributed by atoms with E-state index in [1.807, 2.05) is 6.92 Å². The van der Waals surface area contributed by atoms with Crippen molar-refractivity contribution in [3.05, 3.63) is 22.3 Å². The smallest absolute Gasteiger partial charge is 0.370 e. The van der Waals surface area contributed by atoms with Crippen molar-refractivity contribution in [2.24, 2.45) is 0 Å². The van der Waals surface area contributed by atoms with E-state index in [-0.39, 0.29) is 5.82 Å². The molecule has 0 amide bonds. The lowest BCUT2D eigenvalue weighted by Gasteiger charge is -2.13. The van der Waals surface area contributed by atoms with Gasteiger partial charge >= 0.3 is 6.18 Å². The zero-order valence-corrected chi connectivity index (χ0v) is 9.61. The van der Waals surface area contributed by atoms with Gasteiger partial charge in [-0.15, -0.1) is 0 Å². The third-order valence-electron chi connectivity index (χ3n) is 1.70. The van der Waals surface area contributed by atoms with Crippen LogP contribution in [-0.2, 0) is 6.18 Å². The molecular weight excluding hydrogens is 273 g/mol. The Morgan fingerprint density at radius 1 is 1.47 bits per heavy atom. The largest absolute Gasteiger partial charge is 0.419 e. The molecule has 0 aliphatic carbocycles. The molecule has 0 fully saturated rings. The van der Waals surface area contributed by atoms with Gasteiger partial charge in [0, 0.05) is 17.2 Å². The molecule has 0 aromatic carbocycles. The Labute approximate surface area is 94.0 Å². The fraction of sp³-hybridized carbons (Fsp3) is 0.444. The van der Waals surface area contributed by atoms with Gasteiger partial charge in [0.1, 0.15) is 5.82 Å². The van der Waals surface area contributed by atoms with E-state index in [1.165, 1.54) is 6.20 Å². The molecule has 1 rings (SSSR count). The first-order chi connectivity index (χ1) is 6.95.